The highest BCUT2D eigenvalue weighted by atomic mass is 35.5. The van der Waals surface area contributed by atoms with Gasteiger partial charge >= 0.3 is 5.37 Å². The maximum atomic E-state index is 12.9. The van der Waals surface area contributed by atoms with Crippen LogP contribution in [0.5, 0.6) is 0 Å². The number of aryl methyl sites for hydroxylation is 1. The highest BCUT2D eigenvalue weighted by molar-refractivity contribution is 6.62. The number of carbonyl (C=O) groups excluding carboxylic acids is 1. The van der Waals surface area contributed by atoms with Gasteiger partial charge in [-0.2, -0.15) is 5.10 Å². The summed E-state index contributed by atoms with van der Waals surface area (Å²) < 4.78 is 3.03. The average molecular weight is 402 g/mol. The molecule has 0 bridgehead atoms. The summed E-state index contributed by atoms with van der Waals surface area (Å²) in [5.74, 6) is 0. The van der Waals surface area contributed by atoms with Gasteiger partial charge in [0.15, 0.2) is 5.65 Å². The van der Waals surface area contributed by atoms with Gasteiger partial charge in [-0.25, -0.2) is 9.67 Å². The van der Waals surface area contributed by atoms with Crippen molar-refractivity contribution in [2.45, 2.75) is 31.9 Å². The number of fused-ring (bicyclic) bond motifs is 1. The molecule has 3 heterocycles. The number of aromatic nitrogens is 4. The van der Waals surface area contributed by atoms with Gasteiger partial charge in [-0.3, -0.25) is 14.2 Å². The van der Waals surface area contributed by atoms with Crippen LogP contribution in [0.25, 0.3) is 16.7 Å². The SMILES string of the molecule is Cc1ccc(-n2ncc3c(=O)n(CC4(O)CCN(C(=O)Cl)CC4)cnc32)cc1. The summed E-state index contributed by atoms with van der Waals surface area (Å²) in [6.07, 6.45) is 3.63. The van der Waals surface area contributed by atoms with Crippen LogP contribution in [0, 0.1) is 6.92 Å². The van der Waals surface area contributed by atoms with Crippen molar-refractivity contribution < 1.29 is 9.90 Å². The van der Waals surface area contributed by atoms with Gasteiger partial charge in [-0.15, -0.1) is 0 Å². The minimum absolute atomic E-state index is 0.106. The lowest BCUT2D eigenvalue weighted by Crippen LogP contribution is -2.48. The topological polar surface area (TPSA) is 93.2 Å². The summed E-state index contributed by atoms with van der Waals surface area (Å²) in [6.45, 7) is 2.82. The van der Waals surface area contributed by atoms with E-state index in [2.05, 4.69) is 10.1 Å². The van der Waals surface area contributed by atoms with E-state index in [1.165, 1.54) is 22.0 Å². The van der Waals surface area contributed by atoms with Gasteiger partial charge in [0.25, 0.3) is 5.56 Å². The van der Waals surface area contributed by atoms with Gasteiger partial charge in [-0.05, 0) is 43.5 Å². The van der Waals surface area contributed by atoms with Crippen molar-refractivity contribution in [2.75, 3.05) is 13.1 Å². The van der Waals surface area contributed by atoms with E-state index in [9.17, 15) is 14.7 Å². The molecule has 1 aromatic carbocycles. The molecule has 146 valence electrons. The lowest BCUT2D eigenvalue weighted by Gasteiger charge is -2.37. The zero-order valence-corrected chi connectivity index (χ0v) is 16.1. The molecular weight excluding hydrogens is 382 g/mol. The molecule has 3 aromatic rings. The molecule has 1 fully saturated rings. The van der Waals surface area contributed by atoms with Gasteiger partial charge in [-0.1, -0.05) is 17.7 Å². The number of hydrogen-bond donors (Lipinski definition) is 1. The quantitative estimate of drug-likeness (QED) is 0.535. The largest absolute Gasteiger partial charge is 0.388 e. The Labute approximate surface area is 166 Å². The molecule has 0 unspecified atom stereocenters. The van der Waals surface area contributed by atoms with Gasteiger partial charge in [0.1, 0.15) is 11.7 Å². The first-order valence-electron chi connectivity index (χ1n) is 9.03. The Kier molecular flexibility index (Phi) is 4.68. The number of hydrogen-bond acceptors (Lipinski definition) is 5. The van der Waals surface area contributed by atoms with Gasteiger partial charge in [0, 0.05) is 13.1 Å². The van der Waals surface area contributed by atoms with Crippen LogP contribution in [-0.2, 0) is 6.54 Å². The third kappa shape index (κ3) is 3.41. The molecule has 1 amide bonds. The standard InChI is InChI=1S/C19H20ClN5O3/c1-13-2-4-14(5-3-13)25-16-15(10-22-25)17(26)24(12-21-16)11-19(28)6-8-23(9-7-19)18(20)27/h2-5,10,12,28H,6-9,11H2,1H3. The zero-order valence-electron chi connectivity index (χ0n) is 15.4. The van der Waals surface area contributed by atoms with Crippen molar-refractivity contribution in [3.05, 3.63) is 52.7 Å². The van der Waals surface area contributed by atoms with E-state index in [1.54, 1.807) is 4.68 Å². The second-order valence-corrected chi connectivity index (χ2v) is 7.59. The number of nitrogens with zero attached hydrogens (tertiary/aromatic N) is 5. The molecular formula is C19H20ClN5O3. The van der Waals surface area contributed by atoms with E-state index < -0.39 is 11.0 Å². The number of halogens is 1. The molecule has 28 heavy (non-hydrogen) atoms. The second kappa shape index (κ2) is 7.03. The molecule has 1 N–H and O–H groups in total. The third-order valence-electron chi connectivity index (χ3n) is 5.24. The molecule has 0 spiro atoms. The maximum absolute atomic E-state index is 12.9. The molecule has 0 radical (unpaired) electrons. The van der Waals surface area contributed by atoms with E-state index in [4.69, 9.17) is 11.6 Å². The van der Waals surface area contributed by atoms with Crippen LogP contribution in [0.15, 0.2) is 41.6 Å². The minimum Gasteiger partial charge on any atom is -0.388 e. The summed E-state index contributed by atoms with van der Waals surface area (Å²) in [5.41, 5.74) is 1.08. The Morgan fingerprint density at radius 3 is 2.57 bits per heavy atom. The molecule has 8 nitrogen and oxygen atoms in total. The lowest BCUT2D eigenvalue weighted by molar-refractivity contribution is -0.0248. The average Bonchev–Trinajstić information content (AvgIpc) is 3.10. The molecule has 0 atom stereocenters. The van der Waals surface area contributed by atoms with Crippen LogP contribution in [0.2, 0.25) is 0 Å². The summed E-state index contributed by atoms with van der Waals surface area (Å²) >= 11 is 5.49. The highest BCUT2D eigenvalue weighted by Crippen LogP contribution is 2.24. The molecule has 9 heteroatoms. The van der Waals surface area contributed by atoms with Crippen molar-refractivity contribution in [1.29, 1.82) is 0 Å². The van der Waals surface area contributed by atoms with Gasteiger partial charge < -0.3 is 10.0 Å². The summed E-state index contributed by atoms with van der Waals surface area (Å²) in [7, 11) is 0. The molecule has 1 aliphatic rings. The minimum atomic E-state index is -1.09. The smallest absolute Gasteiger partial charge is 0.316 e. The Hall–Kier alpha value is -2.71. The van der Waals surface area contributed by atoms with Crippen LogP contribution in [-0.4, -0.2) is 53.4 Å². The van der Waals surface area contributed by atoms with E-state index in [0.29, 0.717) is 37.0 Å². The second-order valence-electron chi connectivity index (χ2n) is 7.27. The first-order valence-corrected chi connectivity index (χ1v) is 9.41. The number of aliphatic hydroxyl groups is 1. The normalized spacial score (nSPS) is 16.5. The Morgan fingerprint density at radius 2 is 1.93 bits per heavy atom. The first-order chi connectivity index (χ1) is 13.4. The van der Waals surface area contributed by atoms with Crippen molar-refractivity contribution in [3.8, 4) is 5.69 Å². The van der Waals surface area contributed by atoms with Crippen molar-refractivity contribution >= 4 is 28.0 Å². The van der Waals surface area contributed by atoms with Crippen LogP contribution in [0.4, 0.5) is 4.79 Å². The highest BCUT2D eigenvalue weighted by Gasteiger charge is 2.34. The van der Waals surface area contributed by atoms with E-state index in [0.717, 1.165) is 11.3 Å². The maximum Gasteiger partial charge on any atom is 0.316 e. The molecule has 1 aliphatic heterocycles. The summed E-state index contributed by atoms with van der Waals surface area (Å²) in [6, 6.07) is 7.78. The van der Waals surface area contributed by atoms with E-state index in [1.807, 2.05) is 31.2 Å². The number of amides is 1. The van der Waals surface area contributed by atoms with Crippen LogP contribution < -0.4 is 5.56 Å². The number of benzene rings is 1. The van der Waals surface area contributed by atoms with Crippen molar-refractivity contribution in [2.24, 2.45) is 0 Å². The zero-order chi connectivity index (χ0) is 19.9. The third-order valence-corrected chi connectivity index (χ3v) is 5.48. The molecule has 2 aromatic heterocycles. The first kappa shape index (κ1) is 18.6. The number of piperidine rings is 1. The van der Waals surface area contributed by atoms with Crippen LogP contribution >= 0.6 is 11.6 Å². The number of rotatable bonds is 3. The Bertz CT molecular complexity index is 1080. The molecule has 1 saturated heterocycles. The monoisotopic (exact) mass is 401 g/mol. The number of carbonyl (C=O) groups is 1. The molecule has 0 aliphatic carbocycles. The predicted octanol–water partition coefficient (Wildman–Crippen LogP) is 2.08. The van der Waals surface area contributed by atoms with Crippen LogP contribution in [0.1, 0.15) is 18.4 Å². The Balaban J connectivity index is 1.62. The van der Waals surface area contributed by atoms with Crippen molar-refractivity contribution in [3.63, 3.8) is 0 Å². The Morgan fingerprint density at radius 1 is 1.25 bits per heavy atom. The lowest BCUT2D eigenvalue weighted by atomic mass is 9.91. The fourth-order valence-electron chi connectivity index (χ4n) is 3.51. The van der Waals surface area contributed by atoms with Crippen molar-refractivity contribution in [1.82, 2.24) is 24.2 Å². The van der Waals surface area contributed by atoms with Gasteiger partial charge in [0.05, 0.1) is 24.0 Å². The molecule has 0 saturated carbocycles. The number of likely N-dealkylation sites (tertiary alicyclic amines) is 1. The summed E-state index contributed by atoms with van der Waals surface area (Å²) in [4.78, 5) is 30.0. The van der Waals surface area contributed by atoms with E-state index in [-0.39, 0.29) is 12.1 Å². The predicted molar refractivity (Wildman–Crippen MR) is 105 cm³/mol. The summed E-state index contributed by atoms with van der Waals surface area (Å²) in [5, 5.41) is 15.0. The van der Waals surface area contributed by atoms with Crippen LogP contribution in [0.3, 0.4) is 0 Å². The van der Waals surface area contributed by atoms with Gasteiger partial charge in [0.2, 0.25) is 0 Å². The molecule has 4 rings (SSSR count). The fraction of sp³-hybridized carbons (Fsp3) is 0.368. The fourth-order valence-corrected chi connectivity index (χ4v) is 3.68. The van der Waals surface area contributed by atoms with E-state index >= 15 is 0 Å².